The third kappa shape index (κ3) is 5.12. The molecule has 1 aromatic heterocycles. The van der Waals surface area contributed by atoms with Crippen molar-refractivity contribution in [2.45, 2.75) is 30.5 Å². The highest BCUT2D eigenvalue weighted by atomic mass is 35.5. The van der Waals surface area contributed by atoms with Crippen LogP contribution in [0.25, 0.3) is 0 Å². The van der Waals surface area contributed by atoms with Crippen molar-refractivity contribution in [2.75, 3.05) is 18.2 Å². The number of thioether (sulfide) groups is 1. The monoisotopic (exact) mass is 370 g/mol. The SMILES string of the molecule is COc1ccc(NC(=O)CSc2nc(C(C)(C)C)cs2)cc1Cl. The fourth-order valence-corrected chi connectivity index (χ4v) is 3.85. The average Bonchev–Trinajstić information content (AvgIpc) is 2.94. The highest BCUT2D eigenvalue weighted by Crippen LogP contribution is 2.30. The van der Waals surface area contributed by atoms with Crippen LogP contribution in [0.4, 0.5) is 5.69 Å². The number of ether oxygens (including phenoxy) is 1. The second kappa shape index (κ2) is 7.55. The van der Waals surface area contributed by atoms with E-state index in [0.29, 0.717) is 22.2 Å². The topological polar surface area (TPSA) is 51.2 Å². The molecule has 4 nitrogen and oxygen atoms in total. The summed E-state index contributed by atoms with van der Waals surface area (Å²) >= 11 is 9.04. The Hall–Kier alpha value is -1.24. The van der Waals surface area contributed by atoms with Gasteiger partial charge < -0.3 is 10.1 Å². The minimum atomic E-state index is -0.0938. The number of amides is 1. The molecule has 7 heteroatoms. The number of thiazole rings is 1. The lowest BCUT2D eigenvalue weighted by Gasteiger charge is -2.14. The van der Waals surface area contributed by atoms with Gasteiger partial charge in [0.25, 0.3) is 0 Å². The molecule has 2 aromatic rings. The molecule has 0 spiro atoms. The number of hydrogen-bond donors (Lipinski definition) is 1. The molecular weight excluding hydrogens is 352 g/mol. The van der Waals surface area contributed by atoms with Crippen LogP contribution in [0.15, 0.2) is 27.9 Å². The van der Waals surface area contributed by atoms with E-state index in [9.17, 15) is 4.79 Å². The molecule has 0 unspecified atom stereocenters. The molecule has 0 aliphatic heterocycles. The van der Waals surface area contributed by atoms with Crippen LogP contribution in [0.2, 0.25) is 5.02 Å². The predicted molar refractivity (Wildman–Crippen MR) is 98.2 cm³/mol. The molecule has 0 atom stereocenters. The van der Waals surface area contributed by atoms with Gasteiger partial charge >= 0.3 is 0 Å². The third-order valence-electron chi connectivity index (χ3n) is 3.01. The number of benzene rings is 1. The van der Waals surface area contributed by atoms with Gasteiger partial charge in [0.1, 0.15) is 5.75 Å². The number of rotatable bonds is 5. The molecule has 0 aliphatic rings. The summed E-state index contributed by atoms with van der Waals surface area (Å²) in [6, 6.07) is 5.15. The van der Waals surface area contributed by atoms with E-state index in [-0.39, 0.29) is 11.3 Å². The quantitative estimate of drug-likeness (QED) is 0.765. The van der Waals surface area contributed by atoms with Gasteiger partial charge in [-0.1, -0.05) is 44.1 Å². The standard InChI is InChI=1S/C16H19ClN2O2S2/c1-16(2,3)13-8-22-15(19-13)23-9-14(20)18-10-5-6-12(21-4)11(17)7-10/h5-8H,9H2,1-4H3,(H,18,20). The molecular formula is C16H19ClN2O2S2. The van der Waals surface area contributed by atoms with E-state index < -0.39 is 0 Å². The first-order valence-electron chi connectivity index (χ1n) is 7.02. The van der Waals surface area contributed by atoms with Crippen LogP contribution in [0, 0.1) is 0 Å². The summed E-state index contributed by atoms with van der Waals surface area (Å²) in [5.74, 6) is 0.793. The van der Waals surface area contributed by atoms with Crippen LogP contribution in [-0.4, -0.2) is 23.8 Å². The largest absolute Gasteiger partial charge is 0.495 e. The molecule has 0 radical (unpaired) electrons. The van der Waals surface area contributed by atoms with Gasteiger partial charge in [0.2, 0.25) is 5.91 Å². The second-order valence-corrected chi connectivity index (χ2v) is 8.42. The molecule has 0 aliphatic carbocycles. The molecule has 2 rings (SSSR count). The van der Waals surface area contributed by atoms with Crippen LogP contribution < -0.4 is 10.1 Å². The number of nitrogens with zero attached hydrogens (tertiary/aromatic N) is 1. The van der Waals surface area contributed by atoms with E-state index in [1.807, 2.05) is 5.38 Å². The Balaban J connectivity index is 1.90. The number of hydrogen-bond acceptors (Lipinski definition) is 5. The normalized spacial score (nSPS) is 11.3. The van der Waals surface area contributed by atoms with E-state index in [1.165, 1.54) is 11.8 Å². The van der Waals surface area contributed by atoms with Crippen LogP contribution in [0.1, 0.15) is 26.5 Å². The highest BCUT2D eigenvalue weighted by Gasteiger charge is 2.18. The average molecular weight is 371 g/mol. The zero-order valence-corrected chi connectivity index (χ0v) is 15.9. The fourth-order valence-electron chi connectivity index (χ4n) is 1.74. The van der Waals surface area contributed by atoms with Gasteiger partial charge in [-0.2, -0.15) is 0 Å². The van der Waals surface area contributed by atoms with Gasteiger partial charge in [0, 0.05) is 16.5 Å². The first-order chi connectivity index (χ1) is 10.8. The first kappa shape index (κ1) is 18.1. The van der Waals surface area contributed by atoms with Crippen molar-refractivity contribution in [3.63, 3.8) is 0 Å². The van der Waals surface area contributed by atoms with E-state index >= 15 is 0 Å². The van der Waals surface area contributed by atoms with Gasteiger partial charge in [-0.15, -0.1) is 11.3 Å². The highest BCUT2D eigenvalue weighted by molar-refractivity contribution is 8.01. The summed E-state index contributed by atoms with van der Waals surface area (Å²) in [7, 11) is 1.55. The smallest absolute Gasteiger partial charge is 0.234 e. The molecule has 1 amide bonds. The lowest BCUT2D eigenvalue weighted by Crippen LogP contribution is -2.14. The Labute approximate surface area is 149 Å². The molecule has 0 saturated heterocycles. The van der Waals surface area contributed by atoms with E-state index in [2.05, 4.69) is 31.1 Å². The van der Waals surface area contributed by atoms with Crippen molar-refractivity contribution in [1.29, 1.82) is 0 Å². The van der Waals surface area contributed by atoms with E-state index in [1.54, 1.807) is 36.6 Å². The summed E-state index contributed by atoms with van der Waals surface area (Å²) < 4.78 is 5.99. The summed E-state index contributed by atoms with van der Waals surface area (Å²) in [5, 5.41) is 5.33. The Morgan fingerprint density at radius 3 is 2.74 bits per heavy atom. The zero-order valence-electron chi connectivity index (χ0n) is 13.5. The zero-order chi connectivity index (χ0) is 17.0. The summed E-state index contributed by atoms with van der Waals surface area (Å²) in [6.45, 7) is 6.36. The van der Waals surface area contributed by atoms with Gasteiger partial charge in [0.15, 0.2) is 4.34 Å². The molecule has 0 bridgehead atoms. The Bertz CT molecular complexity index is 696. The first-order valence-corrected chi connectivity index (χ1v) is 9.26. The molecule has 1 aromatic carbocycles. The van der Waals surface area contributed by atoms with Crippen LogP contribution in [0.3, 0.4) is 0 Å². The van der Waals surface area contributed by atoms with Gasteiger partial charge in [-0.05, 0) is 18.2 Å². The second-order valence-electron chi connectivity index (χ2n) is 5.93. The minimum Gasteiger partial charge on any atom is -0.495 e. The molecule has 0 saturated carbocycles. The molecule has 1 N–H and O–H groups in total. The maximum absolute atomic E-state index is 12.0. The van der Waals surface area contributed by atoms with Crippen molar-refractivity contribution >= 4 is 46.3 Å². The maximum atomic E-state index is 12.0. The van der Waals surface area contributed by atoms with Crippen LogP contribution >= 0.6 is 34.7 Å². The van der Waals surface area contributed by atoms with Crippen molar-refractivity contribution in [2.24, 2.45) is 0 Å². The number of aromatic nitrogens is 1. The number of anilines is 1. The Morgan fingerprint density at radius 2 is 2.17 bits per heavy atom. The summed E-state index contributed by atoms with van der Waals surface area (Å²) in [5.41, 5.74) is 1.72. The lowest BCUT2D eigenvalue weighted by molar-refractivity contribution is -0.113. The predicted octanol–water partition coefficient (Wildman–Crippen LogP) is 4.83. The van der Waals surface area contributed by atoms with E-state index in [0.717, 1.165) is 10.0 Å². The lowest BCUT2D eigenvalue weighted by atomic mass is 9.93. The van der Waals surface area contributed by atoms with Crippen molar-refractivity contribution < 1.29 is 9.53 Å². The minimum absolute atomic E-state index is 0.0252. The van der Waals surface area contributed by atoms with Crippen molar-refractivity contribution in [1.82, 2.24) is 4.98 Å². The fraction of sp³-hybridized carbons (Fsp3) is 0.375. The van der Waals surface area contributed by atoms with Crippen molar-refractivity contribution in [3.05, 3.63) is 34.3 Å². The number of nitrogens with one attached hydrogen (secondary N) is 1. The number of carbonyl (C=O) groups excluding carboxylic acids is 1. The Kier molecular flexibility index (Phi) is 5.95. The van der Waals surface area contributed by atoms with Crippen molar-refractivity contribution in [3.8, 4) is 5.75 Å². The number of carbonyl (C=O) groups is 1. The number of methoxy groups -OCH3 is 1. The molecule has 23 heavy (non-hydrogen) atoms. The Morgan fingerprint density at radius 1 is 1.43 bits per heavy atom. The van der Waals surface area contributed by atoms with Gasteiger partial charge in [-0.25, -0.2) is 4.98 Å². The third-order valence-corrected chi connectivity index (χ3v) is 5.33. The van der Waals surface area contributed by atoms with Crippen LogP contribution in [-0.2, 0) is 10.2 Å². The molecule has 0 fully saturated rings. The summed E-state index contributed by atoms with van der Waals surface area (Å²) in [4.78, 5) is 16.6. The summed E-state index contributed by atoms with van der Waals surface area (Å²) in [6.07, 6.45) is 0. The van der Waals surface area contributed by atoms with E-state index in [4.69, 9.17) is 16.3 Å². The van der Waals surface area contributed by atoms with Gasteiger partial charge in [0.05, 0.1) is 23.6 Å². The number of halogens is 1. The molecule has 1 heterocycles. The molecule has 124 valence electrons. The van der Waals surface area contributed by atoms with Gasteiger partial charge in [-0.3, -0.25) is 4.79 Å². The maximum Gasteiger partial charge on any atom is 0.234 e. The van der Waals surface area contributed by atoms with Crippen LogP contribution in [0.5, 0.6) is 5.75 Å².